The Balaban J connectivity index is 5.24. The molecule has 5 atom stereocenters. The molecule has 468 valence electrons. The maximum atomic E-state index is 12.9. The zero-order chi connectivity index (χ0) is 59.0. The van der Waals surface area contributed by atoms with Crippen molar-refractivity contribution in [3.8, 4) is 0 Å². The number of hydrogen-bond donors (Lipinski definition) is 3. The largest absolute Gasteiger partial charge is 0.472 e. The SMILES string of the molecule is CC(C)CCCCCCCCCCC(=O)OC[C@H](COP(=O)(O)OCC(O)COP(=O)(O)OC[C@@H](COC(=O)CCCCCCCCC(C)C)OC(=O)CCCCCCCCC(C)C)OC(=O)CCCCCCCCCC(C)C. The van der Waals surface area contributed by atoms with E-state index in [9.17, 15) is 43.2 Å². The van der Waals surface area contributed by atoms with E-state index in [-0.39, 0.29) is 25.7 Å². The Labute approximate surface area is 479 Å². The maximum Gasteiger partial charge on any atom is 0.472 e. The Bertz CT molecular complexity index is 1590. The van der Waals surface area contributed by atoms with Crippen LogP contribution in [0.5, 0.6) is 0 Å². The Kier molecular flexibility index (Phi) is 49.3. The number of carbonyl (C=O) groups excluding carboxylic acids is 4. The predicted octanol–water partition coefficient (Wildman–Crippen LogP) is 15.8. The van der Waals surface area contributed by atoms with Gasteiger partial charge in [-0.1, -0.05) is 229 Å². The number of phosphoric acid groups is 2. The van der Waals surface area contributed by atoms with Crippen molar-refractivity contribution in [3.05, 3.63) is 0 Å². The van der Waals surface area contributed by atoms with Gasteiger partial charge in [0, 0.05) is 25.7 Å². The van der Waals surface area contributed by atoms with Crippen LogP contribution in [0.2, 0.25) is 0 Å². The molecule has 0 aromatic heterocycles. The maximum absolute atomic E-state index is 12.9. The third-order valence-corrected chi connectivity index (χ3v) is 15.5. The molecular formula is C60H116O17P2. The van der Waals surface area contributed by atoms with Crippen molar-refractivity contribution in [1.82, 2.24) is 0 Å². The summed E-state index contributed by atoms with van der Waals surface area (Å²) in [6.45, 7) is 13.8. The fraction of sp³-hybridized carbons (Fsp3) is 0.933. The van der Waals surface area contributed by atoms with Crippen molar-refractivity contribution in [3.63, 3.8) is 0 Å². The first kappa shape index (κ1) is 77.1. The number of esters is 4. The van der Waals surface area contributed by atoms with Gasteiger partial charge in [0.15, 0.2) is 12.2 Å². The predicted molar refractivity (Wildman–Crippen MR) is 312 cm³/mol. The molecule has 0 heterocycles. The highest BCUT2D eigenvalue weighted by Gasteiger charge is 2.30. The summed E-state index contributed by atoms with van der Waals surface area (Å²) in [5.74, 6) is 0.619. The molecule has 79 heavy (non-hydrogen) atoms. The van der Waals surface area contributed by atoms with Crippen LogP contribution in [0.3, 0.4) is 0 Å². The molecule has 3 unspecified atom stereocenters. The van der Waals surface area contributed by atoms with E-state index in [0.717, 1.165) is 102 Å². The highest BCUT2D eigenvalue weighted by Crippen LogP contribution is 2.45. The second-order valence-electron chi connectivity index (χ2n) is 23.6. The number of phosphoric ester groups is 2. The summed E-state index contributed by atoms with van der Waals surface area (Å²) in [5, 5.41) is 10.5. The lowest BCUT2D eigenvalue weighted by atomic mass is 10.0. The first-order valence-electron chi connectivity index (χ1n) is 31.2. The molecule has 17 nitrogen and oxygen atoms in total. The first-order valence-corrected chi connectivity index (χ1v) is 34.2. The van der Waals surface area contributed by atoms with Crippen LogP contribution < -0.4 is 0 Å². The van der Waals surface area contributed by atoms with Crippen molar-refractivity contribution in [2.24, 2.45) is 23.7 Å². The Morgan fingerprint density at radius 3 is 0.785 bits per heavy atom. The van der Waals surface area contributed by atoms with Gasteiger partial charge in [-0.15, -0.1) is 0 Å². The minimum Gasteiger partial charge on any atom is -0.462 e. The number of ether oxygens (including phenoxy) is 4. The Hall–Kier alpha value is -1.94. The fourth-order valence-electron chi connectivity index (χ4n) is 8.72. The molecule has 0 saturated heterocycles. The number of unbranched alkanes of at least 4 members (excludes halogenated alkanes) is 23. The molecule has 0 bridgehead atoms. The van der Waals surface area contributed by atoms with Crippen LogP contribution in [0, 0.1) is 23.7 Å². The molecule has 19 heteroatoms. The van der Waals surface area contributed by atoms with Gasteiger partial charge in [0.05, 0.1) is 26.4 Å². The number of aliphatic hydroxyl groups is 1. The second-order valence-corrected chi connectivity index (χ2v) is 26.5. The van der Waals surface area contributed by atoms with E-state index >= 15 is 0 Å². The number of carbonyl (C=O) groups is 4. The molecule has 0 amide bonds. The van der Waals surface area contributed by atoms with Gasteiger partial charge in [-0.05, 0) is 49.4 Å². The third kappa shape index (κ3) is 55.0. The summed E-state index contributed by atoms with van der Waals surface area (Å²) in [6, 6.07) is 0. The lowest BCUT2D eigenvalue weighted by Crippen LogP contribution is -2.30. The van der Waals surface area contributed by atoms with Crippen LogP contribution in [-0.4, -0.2) is 96.7 Å². The quantitative estimate of drug-likeness (QED) is 0.0222. The zero-order valence-corrected chi connectivity index (χ0v) is 52.8. The lowest BCUT2D eigenvalue weighted by molar-refractivity contribution is -0.161. The summed E-state index contributed by atoms with van der Waals surface area (Å²) in [4.78, 5) is 71.9. The molecule has 0 fully saturated rings. The van der Waals surface area contributed by atoms with Gasteiger partial charge in [-0.2, -0.15) is 0 Å². The van der Waals surface area contributed by atoms with Gasteiger partial charge < -0.3 is 33.8 Å². The van der Waals surface area contributed by atoms with Crippen molar-refractivity contribution < 1.29 is 80.2 Å². The fourth-order valence-corrected chi connectivity index (χ4v) is 10.3. The standard InChI is InChI=1S/C60H116O17P2/c1-50(2)36-28-20-12-9-10-14-24-32-40-57(62)70-46-55(76-59(64)42-34-26-15-11-13-21-29-37-51(3)4)48-74-78(66,67)72-44-54(61)45-73-79(68,69)75-49-56(77-60(65)43-35-27-19-17-23-31-39-53(7)8)47-71-58(63)41-33-25-18-16-22-30-38-52(5)6/h50-56,61H,9-49H2,1-8H3,(H,66,67)(H,68,69)/t54?,55-,56-/m1/s1. The highest BCUT2D eigenvalue weighted by atomic mass is 31.2. The Morgan fingerprint density at radius 2 is 0.532 bits per heavy atom. The van der Waals surface area contributed by atoms with Crippen molar-refractivity contribution in [2.45, 2.75) is 298 Å². The molecule has 0 radical (unpaired) electrons. The molecule has 0 aliphatic heterocycles. The molecule has 0 saturated carbocycles. The molecule has 0 aliphatic carbocycles. The smallest absolute Gasteiger partial charge is 0.462 e. The summed E-state index contributed by atoms with van der Waals surface area (Å²) in [5.41, 5.74) is 0. The first-order chi connectivity index (χ1) is 37.6. The van der Waals surface area contributed by atoms with E-state index in [1.807, 2.05) is 0 Å². The van der Waals surface area contributed by atoms with Crippen LogP contribution >= 0.6 is 15.6 Å². The van der Waals surface area contributed by atoms with Crippen LogP contribution in [-0.2, 0) is 65.4 Å². The molecule has 0 aromatic carbocycles. The molecule has 0 rings (SSSR count). The van der Waals surface area contributed by atoms with Crippen LogP contribution in [0.4, 0.5) is 0 Å². The summed E-state index contributed by atoms with van der Waals surface area (Å²) in [6.07, 6.45) is 28.5. The lowest BCUT2D eigenvalue weighted by Gasteiger charge is -2.21. The van der Waals surface area contributed by atoms with Crippen molar-refractivity contribution in [2.75, 3.05) is 39.6 Å². The van der Waals surface area contributed by atoms with Gasteiger partial charge in [-0.3, -0.25) is 37.3 Å². The van der Waals surface area contributed by atoms with Crippen molar-refractivity contribution in [1.29, 1.82) is 0 Å². The molecule has 0 aliphatic rings. The summed E-state index contributed by atoms with van der Waals surface area (Å²) in [7, 11) is -9.88. The molecular weight excluding hydrogens is 1050 g/mol. The van der Waals surface area contributed by atoms with E-state index in [0.29, 0.717) is 43.4 Å². The van der Waals surface area contributed by atoms with Crippen LogP contribution in [0.1, 0.15) is 280 Å². The van der Waals surface area contributed by atoms with Gasteiger partial charge in [0.1, 0.15) is 19.3 Å². The second kappa shape index (κ2) is 50.6. The minimum absolute atomic E-state index is 0.100. The van der Waals surface area contributed by atoms with E-state index < -0.39 is 97.5 Å². The third-order valence-electron chi connectivity index (χ3n) is 13.6. The molecule has 0 aromatic rings. The zero-order valence-electron chi connectivity index (χ0n) is 51.0. The van der Waals surface area contributed by atoms with E-state index in [4.69, 9.17) is 37.0 Å². The average Bonchev–Trinajstić information content (AvgIpc) is 3.37. The van der Waals surface area contributed by atoms with Gasteiger partial charge in [0.25, 0.3) is 0 Å². The van der Waals surface area contributed by atoms with E-state index in [1.54, 1.807) is 0 Å². The summed E-state index contributed by atoms with van der Waals surface area (Å²) >= 11 is 0. The van der Waals surface area contributed by atoms with Gasteiger partial charge >= 0.3 is 39.5 Å². The number of rotatable bonds is 57. The van der Waals surface area contributed by atoms with Crippen LogP contribution in [0.15, 0.2) is 0 Å². The minimum atomic E-state index is -4.94. The van der Waals surface area contributed by atoms with Crippen molar-refractivity contribution >= 4 is 39.5 Å². The Morgan fingerprint density at radius 1 is 0.316 bits per heavy atom. The topological polar surface area (TPSA) is 237 Å². The average molecular weight is 1170 g/mol. The van der Waals surface area contributed by atoms with Crippen LogP contribution in [0.25, 0.3) is 0 Å². The normalized spacial score (nSPS) is 14.6. The summed E-state index contributed by atoms with van der Waals surface area (Å²) < 4.78 is 67.7. The molecule has 3 N–H and O–H groups in total. The van der Waals surface area contributed by atoms with E-state index in [1.165, 1.54) is 77.0 Å². The van der Waals surface area contributed by atoms with Gasteiger partial charge in [0.2, 0.25) is 0 Å². The van der Waals surface area contributed by atoms with Gasteiger partial charge in [-0.25, -0.2) is 9.13 Å². The monoisotopic (exact) mass is 1170 g/mol. The molecule has 0 spiro atoms. The highest BCUT2D eigenvalue weighted by molar-refractivity contribution is 7.47. The van der Waals surface area contributed by atoms with E-state index in [2.05, 4.69) is 55.4 Å². The number of hydrogen-bond acceptors (Lipinski definition) is 15. The number of aliphatic hydroxyl groups excluding tert-OH is 1.